The quantitative estimate of drug-likeness (QED) is 0.368. The summed E-state index contributed by atoms with van der Waals surface area (Å²) in [5.74, 6) is -1.95. The van der Waals surface area contributed by atoms with Crippen LogP contribution in [-0.4, -0.2) is 88.2 Å². The van der Waals surface area contributed by atoms with Crippen LogP contribution in [-0.2, 0) is 35.6 Å². The van der Waals surface area contributed by atoms with Crippen LogP contribution in [0.1, 0.15) is 91.2 Å². The Morgan fingerprint density at radius 2 is 1.77 bits per heavy atom. The van der Waals surface area contributed by atoms with Crippen molar-refractivity contribution in [1.29, 1.82) is 0 Å². The number of alkyl carbamates (subject to hydrolysis) is 1. The second-order valence-electron chi connectivity index (χ2n) is 16.8. The van der Waals surface area contributed by atoms with Crippen molar-refractivity contribution >= 4 is 44.9 Å². The molecule has 14 nitrogen and oxygen atoms in total. The first-order valence-electron chi connectivity index (χ1n) is 18.8. The van der Waals surface area contributed by atoms with E-state index in [4.69, 9.17) is 19.4 Å². The van der Waals surface area contributed by atoms with E-state index >= 15 is 0 Å². The van der Waals surface area contributed by atoms with Crippen molar-refractivity contribution in [3.63, 3.8) is 0 Å². The number of nitrogens with one attached hydrogen (secondary N) is 3. The average Bonchev–Trinajstić information content (AvgIpc) is 4.04. The molecule has 0 radical (unpaired) electrons. The summed E-state index contributed by atoms with van der Waals surface area (Å²) in [6.45, 7) is 11.1. The van der Waals surface area contributed by atoms with Crippen LogP contribution in [0.5, 0.6) is 5.88 Å². The molecule has 2 bridgehead atoms. The Morgan fingerprint density at radius 3 is 2.43 bits per heavy atom. The van der Waals surface area contributed by atoms with Crippen molar-refractivity contribution in [2.75, 3.05) is 6.54 Å². The van der Waals surface area contributed by atoms with Crippen LogP contribution in [0, 0.1) is 17.3 Å². The lowest BCUT2D eigenvalue weighted by Crippen LogP contribution is -2.60. The largest absolute Gasteiger partial charge is 0.471 e. The minimum atomic E-state index is -3.89. The van der Waals surface area contributed by atoms with Gasteiger partial charge in [0.05, 0.1) is 22.8 Å². The number of amides is 4. The molecule has 3 heterocycles. The molecule has 15 heteroatoms. The van der Waals surface area contributed by atoms with E-state index in [0.29, 0.717) is 36.4 Å². The fourth-order valence-electron chi connectivity index (χ4n) is 7.83. The normalized spacial score (nSPS) is 32.1. The van der Waals surface area contributed by atoms with E-state index in [1.807, 2.05) is 52.0 Å². The number of ether oxygens (including phenoxy) is 2. The Bertz CT molecular complexity index is 1950. The molecule has 0 spiro atoms. The highest BCUT2D eigenvalue weighted by Crippen LogP contribution is 2.50. The molecular formula is C38H50N6O8S. The highest BCUT2D eigenvalue weighted by atomic mass is 32.2. The third-order valence-corrected chi connectivity index (χ3v) is 13.3. The highest BCUT2D eigenvalue weighted by Gasteiger charge is 2.62. The zero-order valence-electron chi connectivity index (χ0n) is 30.9. The summed E-state index contributed by atoms with van der Waals surface area (Å²) in [4.78, 5) is 67.0. The smallest absolute Gasteiger partial charge is 0.408 e. The maximum Gasteiger partial charge on any atom is 0.408 e. The Balaban J connectivity index is 1.21. The van der Waals surface area contributed by atoms with Gasteiger partial charge in [0.15, 0.2) is 0 Å². The number of sulfonamides is 1. The van der Waals surface area contributed by atoms with Gasteiger partial charge in [-0.25, -0.2) is 23.2 Å². The standard InChI is InChI=1S/C38H50N6O8S/c1-6-22-20-38(22,34(47)43-53(49,50)25-16-17-25)42-31(45)29-18-24-21-44(29)33(46)30(36(2,3)4)41-35(48)52-37(5)19-23(37)12-8-7-9-15-28-32(51-24)40-27-14-11-10-13-26(27)39-28/h6,10-11,13-14,22-25,29-30H,1,7-9,12,15-21H2,2-5H3,(H,41,48)(H,42,45)(H,43,47)/t22-,23-,24-,29+,30-,37-,38-/m1/s1. The Labute approximate surface area is 310 Å². The molecular weight excluding hydrogens is 701 g/mol. The van der Waals surface area contributed by atoms with Gasteiger partial charge in [-0.3, -0.25) is 19.1 Å². The number of aryl methyl sites for hydroxylation is 1. The van der Waals surface area contributed by atoms with Gasteiger partial charge in [0.2, 0.25) is 27.7 Å². The number of hydrogen-bond donors (Lipinski definition) is 3. The molecule has 3 aliphatic carbocycles. The second-order valence-corrected chi connectivity index (χ2v) is 18.7. The van der Waals surface area contributed by atoms with Crippen LogP contribution < -0.4 is 20.1 Å². The van der Waals surface area contributed by atoms with E-state index in [1.165, 1.54) is 11.0 Å². The van der Waals surface area contributed by atoms with E-state index in [2.05, 4.69) is 21.9 Å². The maximum absolute atomic E-state index is 14.6. The summed E-state index contributed by atoms with van der Waals surface area (Å²) in [5, 5.41) is 5.00. The summed E-state index contributed by atoms with van der Waals surface area (Å²) in [5.41, 5.74) is -0.883. The van der Waals surface area contributed by atoms with Crippen molar-refractivity contribution in [2.45, 2.75) is 126 Å². The van der Waals surface area contributed by atoms with Crippen LogP contribution >= 0.6 is 0 Å². The Morgan fingerprint density at radius 1 is 1.06 bits per heavy atom. The molecule has 1 saturated heterocycles. The van der Waals surface area contributed by atoms with Gasteiger partial charge in [0, 0.05) is 18.3 Å². The first kappa shape index (κ1) is 37.1. The lowest BCUT2D eigenvalue weighted by atomic mass is 9.85. The van der Waals surface area contributed by atoms with Gasteiger partial charge in [-0.2, -0.15) is 0 Å². The summed E-state index contributed by atoms with van der Waals surface area (Å²) in [7, 11) is -3.89. The van der Waals surface area contributed by atoms with Gasteiger partial charge < -0.3 is 25.0 Å². The number of aromatic nitrogens is 2. The molecule has 7 atom stereocenters. The second kappa shape index (κ2) is 13.5. The molecule has 3 N–H and O–H groups in total. The molecule has 4 amide bonds. The van der Waals surface area contributed by atoms with Gasteiger partial charge in [-0.1, -0.05) is 51.8 Å². The van der Waals surface area contributed by atoms with Crippen molar-refractivity contribution in [2.24, 2.45) is 17.3 Å². The third-order valence-electron chi connectivity index (χ3n) is 11.5. The lowest BCUT2D eigenvalue weighted by molar-refractivity contribution is -0.143. The molecule has 2 aromatic rings. The van der Waals surface area contributed by atoms with Crippen LogP contribution in [0.15, 0.2) is 36.9 Å². The number of carbonyl (C=O) groups is 4. The zero-order chi connectivity index (χ0) is 37.9. The van der Waals surface area contributed by atoms with E-state index in [0.717, 1.165) is 37.6 Å². The molecule has 5 aliphatic rings. The SMILES string of the molecule is C=C[C@@H]1C[C@]1(NC(=O)[C@@H]1C[C@@H]2CN1C(=O)[C@H](C(C)(C)C)NC(=O)O[C@]1(C)C[C@H]1CCCCCc1nc3ccccc3nc1O2)C(=O)NS(=O)(=O)C1CC1. The number of fused-ring (bicyclic) bond motifs is 5. The number of nitrogens with zero attached hydrogens (tertiary/aromatic N) is 3. The van der Waals surface area contributed by atoms with Gasteiger partial charge in [0.1, 0.15) is 35.0 Å². The average molecular weight is 751 g/mol. The fourth-order valence-corrected chi connectivity index (χ4v) is 9.19. The Kier molecular flexibility index (Phi) is 9.47. The van der Waals surface area contributed by atoms with Gasteiger partial charge in [-0.05, 0) is 69.4 Å². The number of hydrogen-bond acceptors (Lipinski definition) is 10. The lowest BCUT2D eigenvalue weighted by Gasteiger charge is -2.35. The predicted octanol–water partition coefficient (Wildman–Crippen LogP) is 3.68. The monoisotopic (exact) mass is 750 g/mol. The molecule has 3 saturated carbocycles. The molecule has 2 aliphatic heterocycles. The van der Waals surface area contributed by atoms with Gasteiger partial charge in [-0.15, -0.1) is 6.58 Å². The maximum atomic E-state index is 14.6. The molecule has 7 rings (SSSR count). The van der Waals surface area contributed by atoms with E-state index in [9.17, 15) is 27.6 Å². The number of rotatable bonds is 6. The zero-order valence-corrected chi connectivity index (χ0v) is 31.7. The highest BCUT2D eigenvalue weighted by molar-refractivity contribution is 7.91. The van der Waals surface area contributed by atoms with Crippen LogP contribution in [0.3, 0.4) is 0 Å². The summed E-state index contributed by atoms with van der Waals surface area (Å²) in [6.07, 6.45) is 6.24. The topological polar surface area (TPSA) is 186 Å². The van der Waals surface area contributed by atoms with E-state index < -0.39 is 79.7 Å². The summed E-state index contributed by atoms with van der Waals surface area (Å²) in [6, 6.07) is 5.31. The molecule has 286 valence electrons. The van der Waals surface area contributed by atoms with Gasteiger partial charge in [0.25, 0.3) is 5.91 Å². The minimum absolute atomic E-state index is 0.0197. The number of para-hydroxylation sites is 2. The first-order valence-corrected chi connectivity index (χ1v) is 20.3. The predicted molar refractivity (Wildman–Crippen MR) is 195 cm³/mol. The van der Waals surface area contributed by atoms with Crippen molar-refractivity contribution < 1.29 is 37.1 Å². The summed E-state index contributed by atoms with van der Waals surface area (Å²) < 4.78 is 40.1. The molecule has 1 aromatic heterocycles. The van der Waals surface area contributed by atoms with Crippen molar-refractivity contribution in [3.8, 4) is 5.88 Å². The van der Waals surface area contributed by atoms with Crippen LogP contribution in [0.2, 0.25) is 0 Å². The summed E-state index contributed by atoms with van der Waals surface area (Å²) >= 11 is 0. The third kappa shape index (κ3) is 7.58. The minimum Gasteiger partial charge on any atom is -0.471 e. The van der Waals surface area contributed by atoms with Gasteiger partial charge >= 0.3 is 6.09 Å². The number of benzene rings is 1. The van der Waals surface area contributed by atoms with Crippen LogP contribution in [0.25, 0.3) is 11.0 Å². The van der Waals surface area contributed by atoms with Crippen LogP contribution in [0.4, 0.5) is 4.79 Å². The number of carbonyl (C=O) groups excluding carboxylic acids is 4. The molecule has 53 heavy (non-hydrogen) atoms. The molecule has 0 unspecified atom stereocenters. The van der Waals surface area contributed by atoms with E-state index in [-0.39, 0.29) is 25.3 Å². The molecule has 4 fully saturated rings. The molecule has 1 aromatic carbocycles. The van der Waals surface area contributed by atoms with E-state index in [1.54, 1.807) is 0 Å². The van der Waals surface area contributed by atoms with Crippen molar-refractivity contribution in [3.05, 3.63) is 42.6 Å². The Hall–Kier alpha value is -4.27. The first-order chi connectivity index (χ1) is 25.0. The fraction of sp³-hybridized carbons (Fsp3) is 0.632. The van der Waals surface area contributed by atoms with Crippen molar-refractivity contribution in [1.82, 2.24) is 30.2 Å².